The maximum absolute atomic E-state index is 12.1. The fourth-order valence-electron chi connectivity index (χ4n) is 2.69. The number of carbonyl (C=O) groups excluding carboxylic acids is 1. The number of aliphatic hydroxyl groups is 1. The van der Waals surface area contributed by atoms with Crippen molar-refractivity contribution in [2.75, 3.05) is 24.1 Å². The van der Waals surface area contributed by atoms with Crippen molar-refractivity contribution in [3.05, 3.63) is 17.8 Å². The van der Waals surface area contributed by atoms with Crippen LogP contribution in [0, 0.1) is 5.92 Å². The zero-order chi connectivity index (χ0) is 15.4. The van der Waals surface area contributed by atoms with Gasteiger partial charge in [0, 0.05) is 13.1 Å². The van der Waals surface area contributed by atoms with Gasteiger partial charge in [0.2, 0.25) is 0 Å². The van der Waals surface area contributed by atoms with Crippen molar-refractivity contribution in [2.45, 2.75) is 39.3 Å². The van der Waals surface area contributed by atoms with E-state index < -0.39 is 12.1 Å². The van der Waals surface area contributed by atoms with Crippen molar-refractivity contribution < 1.29 is 9.90 Å². The number of aryl methyl sites for hydroxylation is 1. The number of aromatic nitrogens is 1. The molecule has 2 atom stereocenters. The monoisotopic (exact) mass is 292 g/mol. The first-order valence-corrected chi connectivity index (χ1v) is 7.48. The molecule has 0 unspecified atom stereocenters. The number of nitrogen functional groups attached to an aromatic ring is 1. The van der Waals surface area contributed by atoms with E-state index in [0.717, 1.165) is 37.9 Å². The van der Waals surface area contributed by atoms with E-state index in [1.54, 1.807) is 6.07 Å². The van der Waals surface area contributed by atoms with Gasteiger partial charge in [0.1, 0.15) is 5.82 Å². The fraction of sp³-hybridized carbons (Fsp3) is 0.600. The SMILES string of the molecule is CCc1cc(NC(=O)[C@@H](O)N2CCC[C@H](C)C2)cnc1N. The Labute approximate surface area is 125 Å². The molecule has 4 N–H and O–H groups in total. The number of hydrogen-bond donors (Lipinski definition) is 3. The highest BCUT2D eigenvalue weighted by Crippen LogP contribution is 2.19. The van der Waals surface area contributed by atoms with Crippen molar-refractivity contribution in [1.29, 1.82) is 0 Å². The Morgan fingerprint density at radius 1 is 1.67 bits per heavy atom. The standard InChI is InChI=1S/C15H24N4O2/c1-3-11-7-12(8-17-13(11)16)18-14(20)15(21)19-6-4-5-10(2)9-19/h7-8,10,15,21H,3-6,9H2,1-2H3,(H2,16,17)(H,18,20)/t10-,15+/m0/s1. The zero-order valence-electron chi connectivity index (χ0n) is 12.7. The van der Waals surface area contributed by atoms with E-state index in [4.69, 9.17) is 5.73 Å². The largest absolute Gasteiger partial charge is 0.383 e. The lowest BCUT2D eigenvalue weighted by atomic mass is 10.00. The number of amides is 1. The number of hydrogen-bond acceptors (Lipinski definition) is 5. The number of nitrogens with two attached hydrogens (primary N) is 1. The van der Waals surface area contributed by atoms with Gasteiger partial charge in [-0.1, -0.05) is 13.8 Å². The lowest BCUT2D eigenvalue weighted by Gasteiger charge is -2.33. The molecular formula is C15H24N4O2. The Morgan fingerprint density at radius 2 is 2.43 bits per heavy atom. The van der Waals surface area contributed by atoms with Crippen LogP contribution in [0.25, 0.3) is 0 Å². The summed E-state index contributed by atoms with van der Waals surface area (Å²) in [6.07, 6.45) is 3.30. The quantitative estimate of drug-likeness (QED) is 0.776. The molecule has 0 saturated carbocycles. The lowest BCUT2D eigenvalue weighted by Crippen LogP contribution is -2.48. The molecule has 2 rings (SSSR count). The minimum Gasteiger partial charge on any atom is -0.383 e. The average molecular weight is 292 g/mol. The summed E-state index contributed by atoms with van der Waals surface area (Å²) < 4.78 is 0. The second kappa shape index (κ2) is 6.87. The summed E-state index contributed by atoms with van der Waals surface area (Å²) in [6.45, 7) is 5.60. The predicted molar refractivity (Wildman–Crippen MR) is 82.6 cm³/mol. The molecule has 2 heterocycles. The number of aliphatic hydroxyl groups excluding tert-OH is 1. The summed E-state index contributed by atoms with van der Waals surface area (Å²) >= 11 is 0. The summed E-state index contributed by atoms with van der Waals surface area (Å²) in [4.78, 5) is 18.0. The summed E-state index contributed by atoms with van der Waals surface area (Å²) in [5.41, 5.74) is 7.19. The van der Waals surface area contributed by atoms with Gasteiger partial charge in [-0.2, -0.15) is 0 Å². The first kappa shape index (κ1) is 15.7. The third kappa shape index (κ3) is 3.92. The molecular weight excluding hydrogens is 268 g/mol. The Hall–Kier alpha value is -1.66. The molecule has 21 heavy (non-hydrogen) atoms. The molecule has 1 aromatic heterocycles. The minimum absolute atomic E-state index is 0.419. The summed E-state index contributed by atoms with van der Waals surface area (Å²) in [5.74, 6) is 0.560. The predicted octanol–water partition coefficient (Wildman–Crippen LogP) is 1.21. The van der Waals surface area contributed by atoms with Crippen LogP contribution < -0.4 is 11.1 Å². The number of anilines is 2. The van der Waals surface area contributed by atoms with Crippen LogP contribution in [0.1, 0.15) is 32.3 Å². The topological polar surface area (TPSA) is 91.5 Å². The summed E-state index contributed by atoms with van der Waals surface area (Å²) in [6, 6.07) is 1.80. The number of likely N-dealkylation sites (tertiary alicyclic amines) is 1. The smallest absolute Gasteiger partial charge is 0.268 e. The van der Waals surface area contributed by atoms with Crippen molar-refractivity contribution in [1.82, 2.24) is 9.88 Å². The van der Waals surface area contributed by atoms with Crippen LogP contribution in [-0.4, -0.2) is 40.2 Å². The molecule has 1 saturated heterocycles. The van der Waals surface area contributed by atoms with Gasteiger partial charge in [-0.05, 0) is 36.8 Å². The van der Waals surface area contributed by atoms with Gasteiger partial charge < -0.3 is 16.2 Å². The highest BCUT2D eigenvalue weighted by molar-refractivity contribution is 5.93. The molecule has 1 aliphatic rings. The number of rotatable bonds is 4. The maximum Gasteiger partial charge on any atom is 0.268 e. The van der Waals surface area contributed by atoms with E-state index in [-0.39, 0.29) is 0 Å². The van der Waals surface area contributed by atoms with Gasteiger partial charge >= 0.3 is 0 Å². The highest BCUT2D eigenvalue weighted by Gasteiger charge is 2.27. The van der Waals surface area contributed by atoms with Gasteiger partial charge in [0.25, 0.3) is 5.91 Å². The number of nitrogens with one attached hydrogen (secondary N) is 1. The molecule has 0 aliphatic carbocycles. The molecule has 1 aliphatic heterocycles. The number of piperidine rings is 1. The molecule has 116 valence electrons. The van der Waals surface area contributed by atoms with Gasteiger partial charge in [0.05, 0.1) is 11.9 Å². The zero-order valence-corrected chi connectivity index (χ0v) is 12.7. The van der Waals surface area contributed by atoms with Crippen LogP contribution in [0.4, 0.5) is 11.5 Å². The molecule has 0 bridgehead atoms. The average Bonchev–Trinajstić information content (AvgIpc) is 2.48. The van der Waals surface area contributed by atoms with Crippen LogP contribution in [-0.2, 0) is 11.2 Å². The van der Waals surface area contributed by atoms with E-state index in [1.165, 1.54) is 6.20 Å². The molecule has 0 spiro atoms. The highest BCUT2D eigenvalue weighted by atomic mass is 16.3. The molecule has 0 aromatic carbocycles. The first-order chi connectivity index (χ1) is 10.0. The second-order valence-electron chi connectivity index (χ2n) is 5.73. The third-order valence-corrected chi connectivity index (χ3v) is 3.92. The van der Waals surface area contributed by atoms with Crippen LogP contribution in [0.3, 0.4) is 0 Å². The van der Waals surface area contributed by atoms with Crippen LogP contribution in [0.15, 0.2) is 12.3 Å². The van der Waals surface area contributed by atoms with E-state index in [0.29, 0.717) is 17.4 Å². The maximum atomic E-state index is 12.1. The van der Waals surface area contributed by atoms with Gasteiger partial charge in [0.15, 0.2) is 6.23 Å². The molecule has 6 nitrogen and oxygen atoms in total. The van der Waals surface area contributed by atoms with E-state index >= 15 is 0 Å². The molecule has 1 amide bonds. The Bertz CT molecular complexity index is 506. The second-order valence-corrected chi connectivity index (χ2v) is 5.73. The van der Waals surface area contributed by atoms with E-state index in [9.17, 15) is 9.90 Å². The van der Waals surface area contributed by atoms with Crippen LogP contribution in [0.5, 0.6) is 0 Å². The summed E-state index contributed by atoms with van der Waals surface area (Å²) in [5, 5.41) is 12.9. The number of carbonyl (C=O) groups is 1. The molecule has 6 heteroatoms. The Kier molecular flexibility index (Phi) is 5.14. The number of pyridine rings is 1. The summed E-state index contributed by atoms with van der Waals surface area (Å²) in [7, 11) is 0. The van der Waals surface area contributed by atoms with Gasteiger partial charge in [-0.25, -0.2) is 4.98 Å². The molecule has 0 radical (unpaired) electrons. The van der Waals surface area contributed by atoms with Crippen LogP contribution >= 0.6 is 0 Å². The van der Waals surface area contributed by atoms with Crippen LogP contribution in [0.2, 0.25) is 0 Å². The Morgan fingerprint density at radius 3 is 3.10 bits per heavy atom. The van der Waals surface area contributed by atoms with Crippen molar-refractivity contribution >= 4 is 17.4 Å². The van der Waals surface area contributed by atoms with E-state index in [1.807, 2.05) is 11.8 Å². The minimum atomic E-state index is -1.12. The van der Waals surface area contributed by atoms with Crippen molar-refractivity contribution in [3.8, 4) is 0 Å². The number of nitrogens with zero attached hydrogens (tertiary/aromatic N) is 2. The molecule has 1 aromatic rings. The fourth-order valence-corrected chi connectivity index (χ4v) is 2.69. The van der Waals surface area contributed by atoms with Gasteiger partial charge in [-0.15, -0.1) is 0 Å². The Balaban J connectivity index is 2.00. The van der Waals surface area contributed by atoms with Crippen molar-refractivity contribution in [2.24, 2.45) is 5.92 Å². The van der Waals surface area contributed by atoms with E-state index in [2.05, 4.69) is 17.2 Å². The first-order valence-electron chi connectivity index (χ1n) is 7.48. The normalized spacial score (nSPS) is 21.0. The van der Waals surface area contributed by atoms with Crippen molar-refractivity contribution in [3.63, 3.8) is 0 Å². The molecule has 1 fully saturated rings. The third-order valence-electron chi connectivity index (χ3n) is 3.92. The van der Waals surface area contributed by atoms with Gasteiger partial charge in [-0.3, -0.25) is 9.69 Å². The lowest BCUT2D eigenvalue weighted by molar-refractivity contribution is -0.135.